The second kappa shape index (κ2) is 10.7. The van der Waals surface area contributed by atoms with E-state index in [0.29, 0.717) is 5.56 Å². The van der Waals surface area contributed by atoms with E-state index in [9.17, 15) is 9.59 Å². The summed E-state index contributed by atoms with van der Waals surface area (Å²) in [6.45, 7) is 1.70. The van der Waals surface area contributed by atoms with Crippen LogP contribution in [0.2, 0.25) is 0 Å². The van der Waals surface area contributed by atoms with Gasteiger partial charge in [0.2, 0.25) is 0 Å². The monoisotopic (exact) mass is 444 g/mol. The summed E-state index contributed by atoms with van der Waals surface area (Å²) in [7, 11) is 1.42. The van der Waals surface area contributed by atoms with Crippen molar-refractivity contribution in [2.45, 2.75) is 24.9 Å². The summed E-state index contributed by atoms with van der Waals surface area (Å²) in [5.41, 5.74) is 3.29. The van der Waals surface area contributed by atoms with Crippen molar-refractivity contribution in [1.29, 1.82) is 0 Å². The van der Waals surface area contributed by atoms with Crippen LogP contribution in [0.25, 0.3) is 0 Å². The largest absolute Gasteiger partial charge is 0.468 e. The molecular formula is C26H28N4O3. The summed E-state index contributed by atoms with van der Waals surface area (Å²) < 4.78 is 5.03. The minimum absolute atomic E-state index is 0.160. The van der Waals surface area contributed by atoms with Gasteiger partial charge in [0.25, 0.3) is 5.91 Å². The molecule has 0 aliphatic carbocycles. The first-order valence-electron chi connectivity index (χ1n) is 11.1. The van der Waals surface area contributed by atoms with Gasteiger partial charge in [-0.2, -0.15) is 0 Å². The molecular weight excluding hydrogens is 416 g/mol. The van der Waals surface area contributed by atoms with E-state index >= 15 is 0 Å². The van der Waals surface area contributed by atoms with Gasteiger partial charge in [-0.25, -0.2) is 4.79 Å². The van der Waals surface area contributed by atoms with Crippen molar-refractivity contribution in [2.75, 3.05) is 30.4 Å². The number of piperidine rings is 1. The minimum atomic E-state index is -0.473. The molecule has 0 bridgehead atoms. The predicted octanol–water partition coefficient (Wildman–Crippen LogP) is 3.81. The number of hydrogen-bond donors (Lipinski definition) is 2. The Morgan fingerprint density at radius 3 is 2.42 bits per heavy atom. The van der Waals surface area contributed by atoms with Gasteiger partial charge in [0.05, 0.1) is 7.11 Å². The molecule has 4 rings (SSSR count). The zero-order valence-electron chi connectivity index (χ0n) is 18.6. The molecule has 0 spiro atoms. The molecule has 1 amide bonds. The van der Waals surface area contributed by atoms with Crippen molar-refractivity contribution >= 4 is 23.3 Å². The number of methoxy groups -OCH3 is 1. The van der Waals surface area contributed by atoms with Gasteiger partial charge in [0.15, 0.2) is 0 Å². The topological polar surface area (TPSA) is 83.6 Å². The summed E-state index contributed by atoms with van der Waals surface area (Å²) in [6.07, 6.45) is 5.00. The Morgan fingerprint density at radius 2 is 1.73 bits per heavy atom. The Labute approximate surface area is 193 Å². The maximum atomic E-state index is 12.4. The Hall–Kier alpha value is -3.71. The van der Waals surface area contributed by atoms with Crippen LogP contribution in [0.5, 0.6) is 0 Å². The quantitative estimate of drug-likeness (QED) is 0.539. The fourth-order valence-electron chi connectivity index (χ4n) is 4.09. The van der Waals surface area contributed by atoms with Crippen LogP contribution in [-0.4, -0.2) is 43.1 Å². The molecule has 1 aromatic heterocycles. The molecule has 3 aromatic rings. The summed E-state index contributed by atoms with van der Waals surface area (Å²) in [6, 6.07) is 20.7. The van der Waals surface area contributed by atoms with Gasteiger partial charge in [0, 0.05) is 48.5 Å². The number of pyridine rings is 1. The van der Waals surface area contributed by atoms with Crippen LogP contribution in [0, 0.1) is 0 Å². The molecule has 7 nitrogen and oxygen atoms in total. The van der Waals surface area contributed by atoms with E-state index in [1.807, 2.05) is 48.5 Å². The first-order chi connectivity index (χ1) is 16.1. The summed E-state index contributed by atoms with van der Waals surface area (Å²) >= 11 is 0. The van der Waals surface area contributed by atoms with Crippen LogP contribution in [0.3, 0.4) is 0 Å². The highest BCUT2D eigenvalue weighted by Gasteiger charge is 2.27. The lowest BCUT2D eigenvalue weighted by Gasteiger charge is -2.35. The van der Waals surface area contributed by atoms with Crippen molar-refractivity contribution < 1.29 is 14.3 Å². The number of nitrogens with zero attached hydrogens (tertiary/aromatic N) is 2. The minimum Gasteiger partial charge on any atom is -0.468 e. The van der Waals surface area contributed by atoms with E-state index in [1.165, 1.54) is 7.11 Å². The maximum Gasteiger partial charge on any atom is 0.327 e. The molecule has 2 N–H and O–H groups in total. The lowest BCUT2D eigenvalue weighted by Crippen LogP contribution is -2.45. The van der Waals surface area contributed by atoms with E-state index in [4.69, 9.17) is 4.74 Å². The van der Waals surface area contributed by atoms with Gasteiger partial charge in [0.1, 0.15) is 6.04 Å². The third-order valence-electron chi connectivity index (χ3n) is 5.88. The normalized spacial score (nSPS) is 15.0. The van der Waals surface area contributed by atoms with E-state index in [1.54, 1.807) is 24.5 Å². The Bertz CT molecular complexity index is 1070. The van der Waals surface area contributed by atoms with Gasteiger partial charge < -0.3 is 15.0 Å². The zero-order valence-corrected chi connectivity index (χ0v) is 18.6. The van der Waals surface area contributed by atoms with Crippen molar-refractivity contribution in [3.63, 3.8) is 0 Å². The highest BCUT2D eigenvalue weighted by molar-refractivity contribution is 6.04. The summed E-state index contributed by atoms with van der Waals surface area (Å²) in [5.74, 6) is -0.437. The molecule has 2 aromatic carbocycles. The van der Waals surface area contributed by atoms with Crippen molar-refractivity contribution in [1.82, 2.24) is 10.3 Å². The standard InChI is InChI=1S/C26H28N4O3/c1-33-26(32)24(19-6-3-2-4-7-19)28-21-12-16-30(17-13-21)23-9-5-8-22(18-23)29-25(31)20-10-14-27-15-11-20/h2-11,14-15,18,21,24,28H,12-13,16-17H2,1H3,(H,29,31)/t24-/m0/s1. The van der Waals surface area contributed by atoms with Gasteiger partial charge in [-0.15, -0.1) is 0 Å². The van der Waals surface area contributed by atoms with Gasteiger partial charge >= 0.3 is 5.97 Å². The summed E-state index contributed by atoms with van der Waals surface area (Å²) in [4.78, 5) is 31.1. The van der Waals surface area contributed by atoms with Gasteiger partial charge in [-0.3, -0.25) is 15.1 Å². The Kier molecular flexibility index (Phi) is 7.32. The second-order valence-corrected chi connectivity index (χ2v) is 8.04. The smallest absolute Gasteiger partial charge is 0.327 e. The van der Waals surface area contributed by atoms with E-state index in [-0.39, 0.29) is 17.9 Å². The molecule has 0 unspecified atom stereocenters. The van der Waals surface area contributed by atoms with Crippen LogP contribution in [0.1, 0.15) is 34.8 Å². The van der Waals surface area contributed by atoms with E-state index in [0.717, 1.165) is 42.9 Å². The molecule has 1 aliphatic heterocycles. The highest BCUT2D eigenvalue weighted by Crippen LogP contribution is 2.25. The molecule has 1 aliphatic rings. The zero-order chi connectivity index (χ0) is 23.0. The number of ether oxygens (including phenoxy) is 1. The molecule has 2 heterocycles. The average molecular weight is 445 g/mol. The van der Waals surface area contributed by atoms with Crippen LogP contribution >= 0.6 is 0 Å². The van der Waals surface area contributed by atoms with Crippen LogP contribution in [-0.2, 0) is 9.53 Å². The number of nitrogens with one attached hydrogen (secondary N) is 2. The molecule has 1 saturated heterocycles. The average Bonchev–Trinajstić information content (AvgIpc) is 2.88. The number of amides is 1. The lowest BCUT2D eigenvalue weighted by atomic mass is 10.00. The molecule has 170 valence electrons. The Balaban J connectivity index is 1.36. The fraction of sp³-hybridized carbons (Fsp3) is 0.269. The van der Waals surface area contributed by atoms with Crippen LogP contribution in [0.4, 0.5) is 11.4 Å². The van der Waals surface area contributed by atoms with Crippen LogP contribution in [0.15, 0.2) is 79.1 Å². The van der Waals surface area contributed by atoms with Crippen molar-refractivity contribution in [2.24, 2.45) is 0 Å². The first kappa shape index (κ1) is 22.5. The Morgan fingerprint density at radius 1 is 1.00 bits per heavy atom. The number of esters is 1. The highest BCUT2D eigenvalue weighted by atomic mass is 16.5. The fourth-order valence-corrected chi connectivity index (χ4v) is 4.09. The molecule has 7 heteroatoms. The third-order valence-corrected chi connectivity index (χ3v) is 5.88. The first-order valence-corrected chi connectivity index (χ1v) is 11.1. The van der Waals surface area contributed by atoms with E-state index < -0.39 is 6.04 Å². The molecule has 1 atom stereocenters. The number of benzene rings is 2. The maximum absolute atomic E-state index is 12.4. The number of anilines is 2. The van der Waals surface area contributed by atoms with Gasteiger partial charge in [-0.1, -0.05) is 36.4 Å². The van der Waals surface area contributed by atoms with Gasteiger partial charge in [-0.05, 0) is 48.7 Å². The number of aromatic nitrogens is 1. The molecule has 1 fully saturated rings. The van der Waals surface area contributed by atoms with Crippen molar-refractivity contribution in [3.8, 4) is 0 Å². The van der Waals surface area contributed by atoms with Crippen LogP contribution < -0.4 is 15.5 Å². The molecule has 0 saturated carbocycles. The number of rotatable bonds is 7. The molecule has 33 heavy (non-hydrogen) atoms. The number of hydrogen-bond acceptors (Lipinski definition) is 6. The molecule has 0 radical (unpaired) electrons. The van der Waals surface area contributed by atoms with E-state index in [2.05, 4.69) is 26.6 Å². The number of carbonyl (C=O) groups excluding carboxylic acids is 2. The number of carbonyl (C=O) groups is 2. The van der Waals surface area contributed by atoms with Crippen molar-refractivity contribution in [3.05, 3.63) is 90.3 Å². The lowest BCUT2D eigenvalue weighted by molar-refractivity contribution is -0.143. The second-order valence-electron chi connectivity index (χ2n) is 8.04. The SMILES string of the molecule is COC(=O)[C@@H](NC1CCN(c2cccc(NC(=O)c3ccncc3)c2)CC1)c1ccccc1. The third kappa shape index (κ3) is 5.75. The summed E-state index contributed by atoms with van der Waals surface area (Å²) in [5, 5.41) is 6.44. The predicted molar refractivity (Wildman–Crippen MR) is 128 cm³/mol.